The van der Waals surface area contributed by atoms with Gasteiger partial charge in [-0.05, 0) is 44.2 Å². The van der Waals surface area contributed by atoms with E-state index in [1.165, 1.54) is 0 Å². The number of hydrogen-bond donors (Lipinski definition) is 1. The molecule has 2 heterocycles. The lowest BCUT2D eigenvalue weighted by Crippen LogP contribution is -2.40. The topological polar surface area (TPSA) is 47.0 Å². The Bertz CT molecular complexity index is 577. The summed E-state index contributed by atoms with van der Waals surface area (Å²) < 4.78 is 5.65. The molecule has 1 aromatic carbocycles. The summed E-state index contributed by atoms with van der Waals surface area (Å²) in [4.78, 5) is 9.03. The monoisotopic (exact) mass is 269 g/mol. The van der Waals surface area contributed by atoms with Gasteiger partial charge in [-0.15, -0.1) is 0 Å². The summed E-state index contributed by atoms with van der Waals surface area (Å²) in [6, 6.07) is 10.0. The molecule has 3 rings (SSSR count). The van der Waals surface area contributed by atoms with Gasteiger partial charge < -0.3 is 10.1 Å². The molecule has 0 atom stereocenters. The molecule has 0 aliphatic carbocycles. The second-order valence-corrected chi connectivity index (χ2v) is 5.35. The molecule has 1 aliphatic rings. The van der Waals surface area contributed by atoms with Crippen LogP contribution in [0.25, 0.3) is 11.3 Å². The van der Waals surface area contributed by atoms with Gasteiger partial charge in [0, 0.05) is 30.8 Å². The lowest BCUT2D eigenvalue weighted by Gasteiger charge is -2.25. The molecule has 4 nitrogen and oxygen atoms in total. The lowest BCUT2D eigenvalue weighted by atomic mass is 10.0. The van der Waals surface area contributed by atoms with Crippen molar-refractivity contribution in [3.8, 4) is 17.0 Å². The van der Waals surface area contributed by atoms with Crippen LogP contribution in [0.2, 0.25) is 0 Å². The highest BCUT2D eigenvalue weighted by Gasteiger charge is 2.21. The number of nitrogens with one attached hydrogen (secondary N) is 1. The molecule has 4 heteroatoms. The zero-order valence-electron chi connectivity index (χ0n) is 11.8. The number of hydrogen-bond acceptors (Lipinski definition) is 4. The van der Waals surface area contributed by atoms with Gasteiger partial charge in [0.05, 0.1) is 11.8 Å². The van der Waals surface area contributed by atoms with E-state index in [0.29, 0.717) is 5.92 Å². The third kappa shape index (κ3) is 2.80. The van der Waals surface area contributed by atoms with Gasteiger partial charge in [0.2, 0.25) is 0 Å². The van der Waals surface area contributed by atoms with Gasteiger partial charge >= 0.3 is 0 Å². The van der Waals surface area contributed by atoms with Crippen LogP contribution in [0.3, 0.4) is 0 Å². The fourth-order valence-electron chi connectivity index (χ4n) is 2.18. The van der Waals surface area contributed by atoms with Gasteiger partial charge in [0.1, 0.15) is 11.6 Å². The number of benzene rings is 1. The van der Waals surface area contributed by atoms with Gasteiger partial charge in [-0.25, -0.2) is 9.97 Å². The van der Waals surface area contributed by atoms with Crippen molar-refractivity contribution in [2.24, 2.45) is 0 Å². The second kappa shape index (κ2) is 5.59. The minimum absolute atomic E-state index is 0.192. The summed E-state index contributed by atoms with van der Waals surface area (Å²) in [5, 5.41) is 3.25. The van der Waals surface area contributed by atoms with E-state index >= 15 is 0 Å². The molecule has 1 fully saturated rings. The van der Waals surface area contributed by atoms with E-state index in [1.807, 2.05) is 50.4 Å². The van der Waals surface area contributed by atoms with E-state index in [-0.39, 0.29) is 6.10 Å². The zero-order valence-corrected chi connectivity index (χ0v) is 11.8. The largest absolute Gasteiger partial charge is 0.491 e. The first-order valence-electron chi connectivity index (χ1n) is 7.03. The SMILES string of the molecule is CC(C)Oc1ccc(-c2ccnc(C3CNC3)n2)cc1. The highest BCUT2D eigenvalue weighted by Crippen LogP contribution is 2.23. The molecule has 0 radical (unpaired) electrons. The van der Waals surface area contributed by atoms with Crippen LogP contribution in [0.4, 0.5) is 0 Å². The predicted octanol–water partition coefficient (Wildman–Crippen LogP) is 2.62. The standard InChI is InChI=1S/C16H19N3O/c1-11(2)20-14-5-3-12(4-6-14)15-7-8-18-16(19-15)13-9-17-10-13/h3-8,11,13,17H,9-10H2,1-2H3. The number of nitrogens with zero attached hydrogens (tertiary/aromatic N) is 2. The van der Waals surface area contributed by atoms with E-state index in [2.05, 4.69) is 15.3 Å². The Morgan fingerprint density at radius 1 is 1.15 bits per heavy atom. The van der Waals surface area contributed by atoms with Crippen LogP contribution in [0, 0.1) is 0 Å². The Balaban J connectivity index is 1.81. The molecule has 1 saturated heterocycles. The normalized spacial score (nSPS) is 15.2. The van der Waals surface area contributed by atoms with Crippen LogP contribution in [0.5, 0.6) is 5.75 Å². The maximum Gasteiger partial charge on any atom is 0.134 e. The molecule has 1 aromatic heterocycles. The fourth-order valence-corrected chi connectivity index (χ4v) is 2.18. The van der Waals surface area contributed by atoms with Gasteiger partial charge in [-0.3, -0.25) is 0 Å². The van der Waals surface area contributed by atoms with E-state index in [9.17, 15) is 0 Å². The third-order valence-electron chi connectivity index (χ3n) is 3.34. The number of rotatable bonds is 4. The van der Waals surface area contributed by atoms with Crippen molar-refractivity contribution < 1.29 is 4.74 Å². The highest BCUT2D eigenvalue weighted by molar-refractivity contribution is 5.59. The van der Waals surface area contributed by atoms with Crippen molar-refractivity contribution in [2.45, 2.75) is 25.9 Å². The zero-order chi connectivity index (χ0) is 13.9. The van der Waals surface area contributed by atoms with Crippen LogP contribution >= 0.6 is 0 Å². The van der Waals surface area contributed by atoms with Crippen LogP contribution < -0.4 is 10.1 Å². The Hall–Kier alpha value is -1.94. The highest BCUT2D eigenvalue weighted by atomic mass is 16.5. The van der Waals surface area contributed by atoms with Gasteiger partial charge in [-0.2, -0.15) is 0 Å². The maximum atomic E-state index is 5.65. The van der Waals surface area contributed by atoms with Crippen molar-refractivity contribution >= 4 is 0 Å². The first kappa shape index (κ1) is 13.1. The molecular weight excluding hydrogens is 250 g/mol. The second-order valence-electron chi connectivity index (χ2n) is 5.35. The summed E-state index contributed by atoms with van der Waals surface area (Å²) in [6.07, 6.45) is 2.03. The minimum Gasteiger partial charge on any atom is -0.491 e. The van der Waals surface area contributed by atoms with Crippen molar-refractivity contribution in [3.63, 3.8) is 0 Å². The predicted molar refractivity (Wildman–Crippen MR) is 78.8 cm³/mol. The molecule has 104 valence electrons. The first-order valence-corrected chi connectivity index (χ1v) is 7.03. The van der Waals surface area contributed by atoms with Gasteiger partial charge in [0.15, 0.2) is 0 Å². The Morgan fingerprint density at radius 3 is 2.50 bits per heavy atom. The van der Waals surface area contributed by atoms with Crippen molar-refractivity contribution in [2.75, 3.05) is 13.1 Å². The van der Waals surface area contributed by atoms with Crippen molar-refractivity contribution in [3.05, 3.63) is 42.4 Å². The molecule has 1 aliphatic heterocycles. The summed E-state index contributed by atoms with van der Waals surface area (Å²) in [6.45, 7) is 6.00. The van der Waals surface area contributed by atoms with E-state index < -0.39 is 0 Å². The number of ether oxygens (including phenoxy) is 1. The van der Waals surface area contributed by atoms with Crippen LogP contribution in [-0.4, -0.2) is 29.2 Å². The van der Waals surface area contributed by atoms with Gasteiger partial charge in [0.25, 0.3) is 0 Å². The van der Waals surface area contributed by atoms with Crippen LogP contribution in [0.15, 0.2) is 36.5 Å². The molecule has 1 N–H and O–H groups in total. The molecule has 0 saturated carbocycles. The van der Waals surface area contributed by atoms with Crippen molar-refractivity contribution in [1.29, 1.82) is 0 Å². The molecule has 20 heavy (non-hydrogen) atoms. The molecule has 0 unspecified atom stereocenters. The fraction of sp³-hybridized carbons (Fsp3) is 0.375. The average molecular weight is 269 g/mol. The summed E-state index contributed by atoms with van der Waals surface area (Å²) in [5.74, 6) is 2.28. The Kier molecular flexibility index (Phi) is 3.65. The van der Waals surface area contributed by atoms with Gasteiger partial charge in [-0.1, -0.05) is 0 Å². The number of aromatic nitrogens is 2. The van der Waals surface area contributed by atoms with E-state index in [4.69, 9.17) is 4.74 Å². The maximum absolute atomic E-state index is 5.65. The quantitative estimate of drug-likeness (QED) is 0.927. The molecule has 0 bridgehead atoms. The average Bonchev–Trinajstić information content (AvgIpc) is 2.37. The van der Waals surface area contributed by atoms with E-state index in [0.717, 1.165) is 35.9 Å². The van der Waals surface area contributed by atoms with E-state index in [1.54, 1.807) is 0 Å². The molecule has 0 spiro atoms. The summed E-state index contributed by atoms with van der Waals surface area (Å²) >= 11 is 0. The summed E-state index contributed by atoms with van der Waals surface area (Å²) in [5.41, 5.74) is 2.06. The van der Waals surface area contributed by atoms with Crippen LogP contribution in [-0.2, 0) is 0 Å². The molecular formula is C16H19N3O. The molecule has 2 aromatic rings. The minimum atomic E-state index is 0.192. The Labute approximate surface area is 119 Å². The smallest absolute Gasteiger partial charge is 0.134 e. The van der Waals surface area contributed by atoms with Crippen molar-refractivity contribution in [1.82, 2.24) is 15.3 Å². The van der Waals surface area contributed by atoms with Crippen LogP contribution in [0.1, 0.15) is 25.6 Å². The Morgan fingerprint density at radius 2 is 1.90 bits per heavy atom. The first-order chi connectivity index (χ1) is 9.72. The third-order valence-corrected chi connectivity index (χ3v) is 3.34. The molecule has 0 amide bonds. The summed E-state index contributed by atoms with van der Waals surface area (Å²) in [7, 11) is 0. The lowest BCUT2D eigenvalue weighted by molar-refractivity contribution is 0.242.